The Kier molecular flexibility index (Phi) is 4.10. The molecule has 0 saturated carbocycles. The second-order valence-corrected chi connectivity index (χ2v) is 7.33. The van der Waals surface area contributed by atoms with Crippen LogP contribution in [0.4, 0.5) is 11.4 Å². The standard InChI is InChI=1S/C21H17N3O7/c1-30-13-9-14-18-16(10-13)31-7-6-23(18)21(27)17(19(14)25)20(26)22-5-4-11-8-12(24(28)29)2-3-15(11)22/h2-3,8-10,25H,4-7H2,1H3. The van der Waals surface area contributed by atoms with E-state index in [-0.39, 0.29) is 36.3 Å². The lowest BCUT2D eigenvalue weighted by Gasteiger charge is -2.24. The van der Waals surface area contributed by atoms with Gasteiger partial charge in [0.05, 0.1) is 24.1 Å². The van der Waals surface area contributed by atoms with Crippen LogP contribution in [0.25, 0.3) is 10.9 Å². The van der Waals surface area contributed by atoms with Crippen LogP contribution < -0.4 is 19.9 Å². The fraction of sp³-hybridized carbons (Fsp3) is 0.238. The van der Waals surface area contributed by atoms with Gasteiger partial charge in [-0.05, 0) is 24.1 Å². The van der Waals surface area contributed by atoms with Crippen LogP contribution in [-0.4, -0.2) is 40.8 Å². The molecule has 0 radical (unpaired) electrons. The van der Waals surface area contributed by atoms with Crippen molar-refractivity contribution in [2.45, 2.75) is 13.0 Å². The van der Waals surface area contributed by atoms with Gasteiger partial charge in [-0.3, -0.25) is 19.7 Å². The summed E-state index contributed by atoms with van der Waals surface area (Å²) in [7, 11) is 1.47. The number of ether oxygens (including phenoxy) is 2. The number of carbonyl (C=O) groups excluding carboxylic acids is 1. The van der Waals surface area contributed by atoms with Gasteiger partial charge in [0.1, 0.15) is 29.4 Å². The number of nitro groups is 1. The third-order valence-corrected chi connectivity index (χ3v) is 5.71. The Balaban J connectivity index is 1.68. The van der Waals surface area contributed by atoms with Crippen LogP contribution in [0.1, 0.15) is 15.9 Å². The smallest absolute Gasteiger partial charge is 0.269 e. The van der Waals surface area contributed by atoms with Crippen molar-refractivity contribution < 1.29 is 24.3 Å². The first-order valence-electron chi connectivity index (χ1n) is 9.60. The van der Waals surface area contributed by atoms with Gasteiger partial charge in [-0.25, -0.2) is 0 Å². The number of non-ortho nitro benzene ring substituents is 1. The summed E-state index contributed by atoms with van der Waals surface area (Å²) in [5.41, 5.74) is 0.513. The molecule has 0 bridgehead atoms. The number of anilines is 1. The van der Waals surface area contributed by atoms with E-state index in [4.69, 9.17) is 9.47 Å². The average molecular weight is 423 g/mol. The molecule has 2 aliphatic heterocycles. The lowest BCUT2D eigenvalue weighted by molar-refractivity contribution is -0.384. The number of pyridine rings is 1. The van der Waals surface area contributed by atoms with E-state index in [9.17, 15) is 24.8 Å². The molecule has 10 heteroatoms. The third-order valence-electron chi connectivity index (χ3n) is 5.71. The monoisotopic (exact) mass is 423 g/mol. The number of hydrogen-bond acceptors (Lipinski definition) is 7. The quantitative estimate of drug-likeness (QED) is 0.506. The molecule has 5 rings (SSSR count). The van der Waals surface area contributed by atoms with Crippen molar-refractivity contribution in [3.05, 3.63) is 61.9 Å². The topological polar surface area (TPSA) is 124 Å². The Labute approximate surface area is 175 Å². The van der Waals surface area contributed by atoms with Crippen LogP contribution in [0.2, 0.25) is 0 Å². The molecule has 0 atom stereocenters. The van der Waals surface area contributed by atoms with Gasteiger partial charge in [-0.1, -0.05) is 0 Å². The first kappa shape index (κ1) is 18.9. The number of benzene rings is 2. The Bertz CT molecular complexity index is 1350. The van der Waals surface area contributed by atoms with Crippen molar-refractivity contribution >= 4 is 28.2 Å². The fourth-order valence-corrected chi connectivity index (χ4v) is 4.24. The van der Waals surface area contributed by atoms with Crippen LogP contribution in [-0.2, 0) is 13.0 Å². The molecular weight excluding hydrogens is 406 g/mol. The Hall–Kier alpha value is -4.08. The summed E-state index contributed by atoms with van der Waals surface area (Å²) in [6.45, 7) is 0.723. The number of aromatic hydroxyl groups is 1. The first-order valence-corrected chi connectivity index (χ1v) is 9.60. The molecule has 3 heterocycles. The molecule has 0 fully saturated rings. The maximum Gasteiger partial charge on any atom is 0.269 e. The van der Waals surface area contributed by atoms with Crippen molar-refractivity contribution in [1.82, 2.24) is 4.57 Å². The maximum absolute atomic E-state index is 13.4. The average Bonchev–Trinajstić information content (AvgIpc) is 3.20. The number of methoxy groups -OCH3 is 1. The summed E-state index contributed by atoms with van der Waals surface area (Å²) < 4.78 is 12.3. The van der Waals surface area contributed by atoms with E-state index >= 15 is 0 Å². The van der Waals surface area contributed by atoms with Gasteiger partial charge in [-0.15, -0.1) is 0 Å². The van der Waals surface area contributed by atoms with Crippen molar-refractivity contribution in [3.8, 4) is 17.2 Å². The summed E-state index contributed by atoms with van der Waals surface area (Å²) in [5.74, 6) is -0.285. The number of nitro benzene ring substituents is 1. The van der Waals surface area contributed by atoms with Crippen molar-refractivity contribution in [2.24, 2.45) is 0 Å². The number of aromatic nitrogens is 1. The zero-order valence-corrected chi connectivity index (χ0v) is 16.5. The molecule has 10 nitrogen and oxygen atoms in total. The molecule has 3 aromatic rings. The second-order valence-electron chi connectivity index (χ2n) is 7.33. The zero-order valence-electron chi connectivity index (χ0n) is 16.5. The number of nitrogens with zero attached hydrogens (tertiary/aromatic N) is 3. The predicted molar refractivity (Wildman–Crippen MR) is 110 cm³/mol. The Morgan fingerprint density at radius 1 is 1.26 bits per heavy atom. The van der Waals surface area contributed by atoms with Crippen molar-refractivity contribution in [1.29, 1.82) is 0 Å². The van der Waals surface area contributed by atoms with Crippen LogP contribution in [0.15, 0.2) is 35.1 Å². The molecule has 31 heavy (non-hydrogen) atoms. The third kappa shape index (κ3) is 2.71. The van der Waals surface area contributed by atoms with E-state index < -0.39 is 22.1 Å². The minimum absolute atomic E-state index is 0.0641. The highest BCUT2D eigenvalue weighted by Gasteiger charge is 2.33. The predicted octanol–water partition coefficient (Wildman–Crippen LogP) is 2.22. The summed E-state index contributed by atoms with van der Waals surface area (Å²) >= 11 is 0. The molecule has 2 aliphatic rings. The molecule has 0 spiro atoms. The highest BCUT2D eigenvalue weighted by Crippen LogP contribution is 2.39. The Morgan fingerprint density at radius 3 is 2.81 bits per heavy atom. The molecule has 0 aliphatic carbocycles. The zero-order chi connectivity index (χ0) is 21.9. The highest BCUT2D eigenvalue weighted by atomic mass is 16.6. The largest absolute Gasteiger partial charge is 0.506 e. The highest BCUT2D eigenvalue weighted by molar-refractivity contribution is 6.12. The van der Waals surface area contributed by atoms with Crippen LogP contribution in [0.3, 0.4) is 0 Å². The number of fused-ring (bicyclic) bond motifs is 1. The van der Waals surface area contributed by atoms with Gasteiger partial charge in [0.25, 0.3) is 17.2 Å². The minimum Gasteiger partial charge on any atom is -0.506 e. The maximum atomic E-state index is 13.4. The molecule has 0 saturated heterocycles. The molecular formula is C21H17N3O7. The van der Waals surface area contributed by atoms with Crippen LogP contribution >= 0.6 is 0 Å². The van der Waals surface area contributed by atoms with E-state index in [0.717, 1.165) is 0 Å². The Morgan fingerprint density at radius 2 is 2.06 bits per heavy atom. The van der Waals surface area contributed by atoms with Gasteiger partial charge >= 0.3 is 0 Å². The normalized spacial score (nSPS) is 14.3. The van der Waals surface area contributed by atoms with Crippen LogP contribution in [0.5, 0.6) is 17.2 Å². The molecule has 1 amide bonds. The van der Waals surface area contributed by atoms with Gasteiger partial charge in [0.2, 0.25) is 0 Å². The van der Waals surface area contributed by atoms with E-state index in [1.165, 1.54) is 34.8 Å². The number of amides is 1. The SMILES string of the molecule is COc1cc2c3c(c1)c(O)c(C(=O)N1CCc4cc([N+](=O)[O-])ccc41)c(=O)n3CCO2. The number of hydrogen-bond donors (Lipinski definition) is 1. The van der Waals surface area contributed by atoms with Gasteiger partial charge in [0, 0.05) is 35.8 Å². The molecule has 1 N–H and O–H groups in total. The fourth-order valence-electron chi connectivity index (χ4n) is 4.24. The van der Waals surface area contributed by atoms with Crippen molar-refractivity contribution in [3.63, 3.8) is 0 Å². The van der Waals surface area contributed by atoms with E-state index in [1.54, 1.807) is 12.1 Å². The second kappa shape index (κ2) is 6.73. The summed E-state index contributed by atoms with van der Waals surface area (Å²) in [6, 6.07) is 7.41. The first-order chi connectivity index (χ1) is 14.9. The van der Waals surface area contributed by atoms with Gasteiger partial charge < -0.3 is 24.0 Å². The lowest BCUT2D eigenvalue weighted by atomic mass is 10.1. The summed E-state index contributed by atoms with van der Waals surface area (Å²) in [4.78, 5) is 38.5. The number of carbonyl (C=O) groups is 1. The van der Waals surface area contributed by atoms with Crippen molar-refractivity contribution in [2.75, 3.05) is 25.2 Å². The van der Waals surface area contributed by atoms with E-state index in [1.807, 2.05) is 0 Å². The van der Waals surface area contributed by atoms with Gasteiger partial charge in [0.15, 0.2) is 0 Å². The van der Waals surface area contributed by atoms with E-state index in [2.05, 4.69) is 0 Å². The van der Waals surface area contributed by atoms with Crippen LogP contribution in [0, 0.1) is 10.1 Å². The molecule has 158 valence electrons. The number of rotatable bonds is 3. The van der Waals surface area contributed by atoms with Gasteiger partial charge in [-0.2, -0.15) is 0 Å². The molecule has 2 aromatic carbocycles. The minimum atomic E-state index is -0.656. The summed E-state index contributed by atoms with van der Waals surface area (Å²) in [6.07, 6.45) is 0.414. The summed E-state index contributed by atoms with van der Waals surface area (Å²) in [5, 5.41) is 22.3. The van der Waals surface area contributed by atoms with E-state index in [0.29, 0.717) is 34.7 Å². The molecule has 0 unspecified atom stereocenters. The lowest BCUT2D eigenvalue weighted by Crippen LogP contribution is -2.37. The molecule has 1 aromatic heterocycles.